The average Bonchev–Trinajstić information content (AvgIpc) is 2.26. The standard InChI is InChI=1S/C13H22O4/c1-13(2,3)17-12(15)10-7-5-9(6-8-10)11(14)16-4/h9-10H,5-8H2,1-4H3/t9-,10-. The normalized spacial score (nSPS) is 25.2. The summed E-state index contributed by atoms with van der Waals surface area (Å²) < 4.78 is 10.1. The Balaban J connectivity index is 2.42. The van der Waals surface area contributed by atoms with Crippen LogP contribution in [0.3, 0.4) is 0 Å². The van der Waals surface area contributed by atoms with Gasteiger partial charge in [-0.05, 0) is 46.5 Å². The van der Waals surface area contributed by atoms with Crippen LogP contribution in [0.1, 0.15) is 46.5 Å². The van der Waals surface area contributed by atoms with Gasteiger partial charge in [-0.15, -0.1) is 0 Å². The van der Waals surface area contributed by atoms with Gasteiger partial charge in [-0.2, -0.15) is 0 Å². The highest BCUT2D eigenvalue weighted by Gasteiger charge is 2.32. The molecule has 0 aliphatic heterocycles. The van der Waals surface area contributed by atoms with Crippen LogP contribution in [0.2, 0.25) is 0 Å². The van der Waals surface area contributed by atoms with Gasteiger partial charge >= 0.3 is 11.9 Å². The zero-order valence-electron chi connectivity index (χ0n) is 11.1. The summed E-state index contributed by atoms with van der Waals surface area (Å²) in [6, 6.07) is 0. The first-order valence-corrected chi connectivity index (χ1v) is 6.14. The molecule has 4 nitrogen and oxygen atoms in total. The lowest BCUT2D eigenvalue weighted by atomic mass is 9.82. The number of esters is 2. The van der Waals surface area contributed by atoms with Gasteiger partial charge in [-0.1, -0.05) is 0 Å². The summed E-state index contributed by atoms with van der Waals surface area (Å²) in [5.74, 6) is -0.401. The number of methoxy groups -OCH3 is 1. The van der Waals surface area contributed by atoms with E-state index in [9.17, 15) is 9.59 Å². The van der Waals surface area contributed by atoms with Gasteiger partial charge in [0.15, 0.2) is 0 Å². The summed E-state index contributed by atoms with van der Waals surface area (Å²) in [5.41, 5.74) is -0.434. The van der Waals surface area contributed by atoms with Gasteiger partial charge in [0, 0.05) is 0 Å². The summed E-state index contributed by atoms with van der Waals surface area (Å²) in [4.78, 5) is 23.2. The molecule has 98 valence electrons. The maximum atomic E-state index is 11.8. The molecule has 0 aromatic heterocycles. The van der Waals surface area contributed by atoms with Crippen molar-refractivity contribution in [3.05, 3.63) is 0 Å². The lowest BCUT2D eigenvalue weighted by Gasteiger charge is -2.28. The summed E-state index contributed by atoms with van der Waals surface area (Å²) in [5, 5.41) is 0. The number of carbonyl (C=O) groups excluding carboxylic acids is 2. The molecule has 0 radical (unpaired) electrons. The van der Waals surface area contributed by atoms with Gasteiger partial charge < -0.3 is 9.47 Å². The van der Waals surface area contributed by atoms with E-state index in [0.717, 1.165) is 12.8 Å². The van der Waals surface area contributed by atoms with Crippen LogP contribution in [-0.4, -0.2) is 24.6 Å². The monoisotopic (exact) mass is 242 g/mol. The minimum atomic E-state index is -0.434. The third-order valence-electron chi connectivity index (χ3n) is 3.00. The Kier molecular flexibility index (Phi) is 4.54. The van der Waals surface area contributed by atoms with Gasteiger partial charge in [0.1, 0.15) is 5.60 Å². The maximum Gasteiger partial charge on any atom is 0.309 e. The van der Waals surface area contributed by atoms with Crippen molar-refractivity contribution in [1.82, 2.24) is 0 Å². The molecule has 17 heavy (non-hydrogen) atoms. The topological polar surface area (TPSA) is 52.6 Å². The van der Waals surface area contributed by atoms with Crippen molar-refractivity contribution in [2.24, 2.45) is 11.8 Å². The Morgan fingerprint density at radius 3 is 1.71 bits per heavy atom. The molecule has 0 aromatic rings. The van der Waals surface area contributed by atoms with E-state index in [1.54, 1.807) is 0 Å². The van der Waals surface area contributed by atoms with E-state index in [-0.39, 0.29) is 23.8 Å². The Morgan fingerprint density at radius 1 is 0.941 bits per heavy atom. The summed E-state index contributed by atoms with van der Waals surface area (Å²) in [6.07, 6.45) is 2.87. The predicted molar refractivity (Wildman–Crippen MR) is 63.3 cm³/mol. The first-order chi connectivity index (χ1) is 7.83. The van der Waals surface area contributed by atoms with Crippen LogP contribution in [0.4, 0.5) is 0 Å². The highest BCUT2D eigenvalue weighted by Crippen LogP contribution is 2.31. The van der Waals surface area contributed by atoms with Gasteiger partial charge in [-0.25, -0.2) is 0 Å². The van der Waals surface area contributed by atoms with Crippen LogP contribution < -0.4 is 0 Å². The Bertz CT molecular complexity index is 282. The van der Waals surface area contributed by atoms with Gasteiger partial charge in [-0.3, -0.25) is 9.59 Å². The van der Waals surface area contributed by atoms with Crippen LogP contribution in [0, 0.1) is 11.8 Å². The fraction of sp³-hybridized carbons (Fsp3) is 0.846. The van der Waals surface area contributed by atoms with Crippen LogP contribution in [0.15, 0.2) is 0 Å². The molecule has 0 saturated heterocycles. The number of ether oxygens (including phenoxy) is 2. The Labute approximate surface area is 103 Å². The molecule has 1 saturated carbocycles. The molecular formula is C13H22O4. The molecule has 1 fully saturated rings. The third-order valence-corrected chi connectivity index (χ3v) is 3.00. The molecular weight excluding hydrogens is 220 g/mol. The molecule has 0 N–H and O–H groups in total. The summed E-state index contributed by atoms with van der Waals surface area (Å²) >= 11 is 0. The van der Waals surface area contributed by atoms with E-state index in [1.807, 2.05) is 20.8 Å². The molecule has 0 unspecified atom stereocenters. The number of hydrogen-bond acceptors (Lipinski definition) is 4. The SMILES string of the molecule is COC(=O)[C@H]1CC[C@H](C(=O)OC(C)(C)C)CC1. The van der Waals surface area contributed by atoms with Crippen molar-refractivity contribution < 1.29 is 19.1 Å². The zero-order chi connectivity index (χ0) is 13.1. The predicted octanol–water partition coefficient (Wildman–Crippen LogP) is 2.31. The highest BCUT2D eigenvalue weighted by molar-refractivity contribution is 5.75. The van der Waals surface area contributed by atoms with Crippen molar-refractivity contribution in [3.63, 3.8) is 0 Å². The Morgan fingerprint density at radius 2 is 1.35 bits per heavy atom. The molecule has 0 atom stereocenters. The molecule has 1 rings (SSSR count). The first kappa shape index (κ1) is 14.0. The van der Waals surface area contributed by atoms with Crippen molar-refractivity contribution in [2.45, 2.75) is 52.1 Å². The minimum absolute atomic E-state index is 0.0429. The smallest absolute Gasteiger partial charge is 0.309 e. The van der Waals surface area contributed by atoms with Crippen molar-refractivity contribution >= 4 is 11.9 Å². The lowest BCUT2D eigenvalue weighted by molar-refractivity contribution is -0.163. The van der Waals surface area contributed by atoms with Gasteiger partial charge in [0.25, 0.3) is 0 Å². The lowest BCUT2D eigenvalue weighted by Crippen LogP contribution is -2.32. The number of rotatable bonds is 2. The van der Waals surface area contributed by atoms with Crippen molar-refractivity contribution in [1.29, 1.82) is 0 Å². The van der Waals surface area contributed by atoms with Gasteiger partial charge in [0.05, 0.1) is 18.9 Å². The molecule has 1 aliphatic carbocycles. The Hall–Kier alpha value is -1.06. The minimum Gasteiger partial charge on any atom is -0.469 e. The largest absolute Gasteiger partial charge is 0.469 e. The van der Waals surface area contributed by atoms with E-state index in [2.05, 4.69) is 0 Å². The molecule has 0 amide bonds. The van der Waals surface area contributed by atoms with Gasteiger partial charge in [0.2, 0.25) is 0 Å². The molecule has 1 aliphatic rings. The van der Waals surface area contributed by atoms with E-state index in [0.29, 0.717) is 12.8 Å². The summed E-state index contributed by atoms with van der Waals surface area (Å²) in [7, 11) is 1.41. The first-order valence-electron chi connectivity index (χ1n) is 6.14. The van der Waals surface area contributed by atoms with Crippen LogP contribution >= 0.6 is 0 Å². The van der Waals surface area contributed by atoms with E-state index >= 15 is 0 Å². The van der Waals surface area contributed by atoms with E-state index in [1.165, 1.54) is 7.11 Å². The average molecular weight is 242 g/mol. The second-order valence-electron chi connectivity index (χ2n) is 5.61. The fourth-order valence-corrected chi connectivity index (χ4v) is 2.12. The molecule has 0 aromatic carbocycles. The van der Waals surface area contributed by atoms with Crippen LogP contribution in [0.25, 0.3) is 0 Å². The quantitative estimate of drug-likeness (QED) is 0.697. The van der Waals surface area contributed by atoms with Crippen molar-refractivity contribution in [3.8, 4) is 0 Å². The van der Waals surface area contributed by atoms with Crippen molar-refractivity contribution in [2.75, 3.05) is 7.11 Å². The third kappa shape index (κ3) is 4.36. The number of carbonyl (C=O) groups is 2. The second-order valence-corrected chi connectivity index (χ2v) is 5.61. The maximum absolute atomic E-state index is 11.8. The fourth-order valence-electron chi connectivity index (χ4n) is 2.12. The molecule has 4 heteroatoms. The summed E-state index contributed by atoms with van der Waals surface area (Å²) in [6.45, 7) is 5.60. The van der Waals surface area contributed by atoms with Crippen LogP contribution in [-0.2, 0) is 19.1 Å². The highest BCUT2D eigenvalue weighted by atomic mass is 16.6. The molecule has 0 heterocycles. The van der Waals surface area contributed by atoms with E-state index in [4.69, 9.17) is 9.47 Å². The molecule has 0 bridgehead atoms. The zero-order valence-corrected chi connectivity index (χ0v) is 11.1. The second kappa shape index (κ2) is 5.52. The van der Waals surface area contributed by atoms with Crippen LogP contribution in [0.5, 0.6) is 0 Å². The van der Waals surface area contributed by atoms with E-state index < -0.39 is 5.60 Å². The number of hydrogen-bond donors (Lipinski definition) is 0. The molecule has 0 spiro atoms.